The standard InChI is InChI=1S/C18H28ClN3OS.2ClH/c1-3-22(4-2)17(15-7-5-6-8-16(15)19)12-21-18(23)11-14-13-24-10-9-20-14;;/h5-8,14,17,20H,3-4,9-13H2,1-2H3,(H,21,23);2*1H. The molecule has 0 radical (unpaired) electrons. The van der Waals surface area contributed by atoms with Crippen molar-refractivity contribution in [2.24, 2.45) is 0 Å². The molecule has 1 amide bonds. The van der Waals surface area contributed by atoms with Gasteiger partial charge in [-0.3, -0.25) is 9.69 Å². The van der Waals surface area contributed by atoms with Gasteiger partial charge < -0.3 is 10.6 Å². The lowest BCUT2D eigenvalue weighted by Gasteiger charge is -2.31. The van der Waals surface area contributed by atoms with Crippen LogP contribution in [0.1, 0.15) is 31.9 Å². The van der Waals surface area contributed by atoms with Gasteiger partial charge in [0.05, 0.1) is 6.04 Å². The minimum Gasteiger partial charge on any atom is -0.354 e. The Morgan fingerprint density at radius 3 is 2.62 bits per heavy atom. The molecule has 1 saturated heterocycles. The molecule has 4 nitrogen and oxygen atoms in total. The first-order valence-corrected chi connectivity index (χ1v) is 10.2. The molecule has 8 heteroatoms. The summed E-state index contributed by atoms with van der Waals surface area (Å²) >= 11 is 8.31. The van der Waals surface area contributed by atoms with Crippen LogP contribution in [0.4, 0.5) is 0 Å². The second-order valence-electron chi connectivity index (χ2n) is 5.99. The number of nitrogens with one attached hydrogen (secondary N) is 2. The van der Waals surface area contributed by atoms with E-state index in [1.54, 1.807) is 0 Å². The van der Waals surface area contributed by atoms with Crippen LogP contribution in [0, 0.1) is 0 Å². The van der Waals surface area contributed by atoms with Gasteiger partial charge in [-0.25, -0.2) is 0 Å². The van der Waals surface area contributed by atoms with E-state index in [1.807, 2.05) is 30.0 Å². The fourth-order valence-corrected chi connectivity index (χ4v) is 4.31. The van der Waals surface area contributed by atoms with Crippen molar-refractivity contribution in [2.45, 2.75) is 32.4 Å². The van der Waals surface area contributed by atoms with Gasteiger partial charge in [-0.15, -0.1) is 24.8 Å². The molecule has 1 fully saturated rings. The Kier molecular flexibility index (Phi) is 13.8. The summed E-state index contributed by atoms with van der Waals surface area (Å²) < 4.78 is 0. The molecular weight excluding hydrogens is 413 g/mol. The Bertz CT molecular complexity index is 526. The Morgan fingerprint density at radius 1 is 1.35 bits per heavy atom. The van der Waals surface area contributed by atoms with Gasteiger partial charge in [0, 0.05) is 42.1 Å². The van der Waals surface area contributed by atoms with Crippen molar-refractivity contribution in [1.29, 1.82) is 0 Å². The van der Waals surface area contributed by atoms with Crippen molar-refractivity contribution in [3.8, 4) is 0 Å². The minimum atomic E-state index is 0. The molecular formula is C18H30Cl3N3OS. The molecule has 26 heavy (non-hydrogen) atoms. The second-order valence-corrected chi connectivity index (χ2v) is 7.55. The molecule has 0 saturated carbocycles. The van der Waals surface area contributed by atoms with Crippen LogP contribution >= 0.6 is 48.2 Å². The SMILES string of the molecule is CCN(CC)C(CNC(=O)CC1CSCCN1)c1ccccc1Cl.Cl.Cl. The van der Waals surface area contributed by atoms with Gasteiger partial charge in [-0.1, -0.05) is 43.6 Å². The average Bonchev–Trinajstić information content (AvgIpc) is 2.60. The van der Waals surface area contributed by atoms with E-state index in [4.69, 9.17) is 11.6 Å². The summed E-state index contributed by atoms with van der Waals surface area (Å²) in [6.45, 7) is 7.69. The summed E-state index contributed by atoms with van der Waals surface area (Å²) in [6.07, 6.45) is 0.542. The molecule has 1 aliphatic rings. The topological polar surface area (TPSA) is 44.4 Å². The largest absolute Gasteiger partial charge is 0.354 e. The van der Waals surface area contributed by atoms with E-state index in [1.165, 1.54) is 0 Å². The Hall–Kier alpha value is -0.170. The van der Waals surface area contributed by atoms with Crippen LogP contribution < -0.4 is 10.6 Å². The molecule has 1 heterocycles. The van der Waals surface area contributed by atoms with E-state index < -0.39 is 0 Å². The van der Waals surface area contributed by atoms with Gasteiger partial charge in [0.15, 0.2) is 0 Å². The third-order valence-electron chi connectivity index (χ3n) is 4.44. The predicted molar refractivity (Wildman–Crippen MR) is 118 cm³/mol. The van der Waals surface area contributed by atoms with E-state index in [0.29, 0.717) is 13.0 Å². The number of rotatable bonds is 8. The van der Waals surface area contributed by atoms with Crippen molar-refractivity contribution in [3.63, 3.8) is 0 Å². The molecule has 2 atom stereocenters. The highest BCUT2D eigenvalue weighted by Crippen LogP contribution is 2.27. The lowest BCUT2D eigenvalue weighted by molar-refractivity contribution is -0.121. The van der Waals surface area contributed by atoms with Gasteiger partial charge in [-0.05, 0) is 24.7 Å². The monoisotopic (exact) mass is 441 g/mol. The van der Waals surface area contributed by atoms with Crippen molar-refractivity contribution in [2.75, 3.05) is 37.7 Å². The van der Waals surface area contributed by atoms with Crippen LogP contribution in [0.3, 0.4) is 0 Å². The number of nitrogens with zero attached hydrogens (tertiary/aromatic N) is 1. The predicted octanol–water partition coefficient (Wildman–Crippen LogP) is 3.78. The molecule has 0 bridgehead atoms. The lowest BCUT2D eigenvalue weighted by Crippen LogP contribution is -2.43. The van der Waals surface area contributed by atoms with Gasteiger partial charge in [0.2, 0.25) is 5.91 Å². The fraction of sp³-hybridized carbons (Fsp3) is 0.611. The average molecular weight is 443 g/mol. The van der Waals surface area contributed by atoms with E-state index in [-0.39, 0.29) is 42.8 Å². The number of carbonyl (C=O) groups excluding carboxylic acids is 1. The maximum atomic E-state index is 12.3. The Labute approximate surface area is 179 Å². The summed E-state index contributed by atoms with van der Waals surface area (Å²) in [7, 11) is 0. The molecule has 1 aliphatic heterocycles. The number of likely N-dealkylation sites (N-methyl/N-ethyl adjacent to an activating group) is 1. The molecule has 1 aromatic rings. The van der Waals surface area contributed by atoms with E-state index in [0.717, 1.165) is 41.7 Å². The highest BCUT2D eigenvalue weighted by Gasteiger charge is 2.22. The van der Waals surface area contributed by atoms with Crippen molar-refractivity contribution < 1.29 is 4.79 Å². The third-order valence-corrected chi connectivity index (χ3v) is 5.92. The van der Waals surface area contributed by atoms with E-state index >= 15 is 0 Å². The maximum Gasteiger partial charge on any atom is 0.221 e. The summed E-state index contributed by atoms with van der Waals surface area (Å²) in [5.74, 6) is 2.26. The zero-order valence-corrected chi connectivity index (χ0v) is 18.6. The zero-order chi connectivity index (χ0) is 17.4. The molecule has 0 aliphatic carbocycles. The molecule has 2 N–H and O–H groups in total. The number of hydrogen-bond donors (Lipinski definition) is 2. The van der Waals surface area contributed by atoms with Crippen LogP contribution in [0.5, 0.6) is 0 Å². The number of hydrogen-bond acceptors (Lipinski definition) is 4. The van der Waals surface area contributed by atoms with Crippen LogP contribution in [-0.2, 0) is 4.79 Å². The number of halogens is 3. The number of carbonyl (C=O) groups is 1. The van der Waals surface area contributed by atoms with Gasteiger partial charge in [0.1, 0.15) is 0 Å². The molecule has 1 aromatic carbocycles. The number of amides is 1. The van der Waals surface area contributed by atoms with E-state index in [9.17, 15) is 4.79 Å². The van der Waals surface area contributed by atoms with Crippen LogP contribution in [-0.4, -0.2) is 54.5 Å². The van der Waals surface area contributed by atoms with Gasteiger partial charge in [-0.2, -0.15) is 11.8 Å². The van der Waals surface area contributed by atoms with Crippen molar-refractivity contribution >= 4 is 54.1 Å². The summed E-state index contributed by atoms with van der Waals surface area (Å²) in [5, 5.41) is 7.29. The summed E-state index contributed by atoms with van der Waals surface area (Å²) in [4.78, 5) is 14.6. The summed E-state index contributed by atoms with van der Waals surface area (Å²) in [6, 6.07) is 8.30. The molecule has 2 unspecified atom stereocenters. The Morgan fingerprint density at radius 2 is 2.04 bits per heavy atom. The molecule has 150 valence electrons. The van der Waals surface area contributed by atoms with Crippen molar-refractivity contribution in [3.05, 3.63) is 34.9 Å². The first-order valence-electron chi connectivity index (χ1n) is 8.72. The third kappa shape index (κ3) is 7.83. The van der Waals surface area contributed by atoms with Crippen LogP contribution in [0.25, 0.3) is 0 Å². The highest BCUT2D eigenvalue weighted by atomic mass is 35.5. The minimum absolute atomic E-state index is 0. The molecule has 2 rings (SSSR count). The first kappa shape index (κ1) is 25.8. The first-order chi connectivity index (χ1) is 11.7. The fourth-order valence-electron chi connectivity index (χ4n) is 3.10. The quantitative estimate of drug-likeness (QED) is 0.643. The second kappa shape index (κ2) is 13.9. The number of thioether (sulfide) groups is 1. The number of benzene rings is 1. The van der Waals surface area contributed by atoms with E-state index in [2.05, 4.69) is 35.4 Å². The highest BCUT2D eigenvalue weighted by molar-refractivity contribution is 7.99. The molecule has 0 spiro atoms. The normalized spacial score (nSPS) is 17.8. The Balaban J connectivity index is 0.00000312. The van der Waals surface area contributed by atoms with Crippen LogP contribution in [0.2, 0.25) is 5.02 Å². The summed E-state index contributed by atoms with van der Waals surface area (Å²) in [5.41, 5.74) is 1.08. The molecule has 0 aromatic heterocycles. The van der Waals surface area contributed by atoms with Crippen LogP contribution in [0.15, 0.2) is 24.3 Å². The van der Waals surface area contributed by atoms with Gasteiger partial charge >= 0.3 is 0 Å². The maximum absolute atomic E-state index is 12.3. The zero-order valence-electron chi connectivity index (χ0n) is 15.4. The van der Waals surface area contributed by atoms with Crippen molar-refractivity contribution in [1.82, 2.24) is 15.5 Å². The lowest BCUT2D eigenvalue weighted by atomic mass is 10.0. The smallest absolute Gasteiger partial charge is 0.221 e. The van der Waals surface area contributed by atoms with Gasteiger partial charge in [0.25, 0.3) is 0 Å².